The molecule has 0 aliphatic carbocycles. The fraction of sp³-hybridized carbons (Fsp3) is 0.462. The van der Waals surface area contributed by atoms with Crippen LogP contribution in [0.1, 0.15) is 35.8 Å². The first-order valence-electron chi connectivity index (χ1n) is 6.28. The van der Waals surface area contributed by atoms with Crippen molar-refractivity contribution in [1.29, 1.82) is 0 Å². The zero-order valence-corrected chi connectivity index (χ0v) is 11.8. The Kier molecular flexibility index (Phi) is 3.89. The lowest BCUT2D eigenvalue weighted by Crippen LogP contribution is -2.50. The van der Waals surface area contributed by atoms with Crippen molar-refractivity contribution < 1.29 is 14.3 Å². The number of carbonyl (C=O) groups excluding carboxylic acids is 1. The van der Waals surface area contributed by atoms with Crippen molar-refractivity contribution in [2.75, 3.05) is 6.61 Å². The summed E-state index contributed by atoms with van der Waals surface area (Å²) in [4.78, 5) is 14.1. The molecule has 7 heteroatoms. The van der Waals surface area contributed by atoms with Gasteiger partial charge in [0.15, 0.2) is 5.69 Å². The van der Waals surface area contributed by atoms with Gasteiger partial charge in [0, 0.05) is 0 Å². The van der Waals surface area contributed by atoms with Crippen molar-refractivity contribution >= 4 is 5.91 Å². The number of hydrogen-bond donors (Lipinski definition) is 2. The van der Waals surface area contributed by atoms with E-state index in [-0.39, 0.29) is 24.8 Å². The summed E-state index contributed by atoms with van der Waals surface area (Å²) >= 11 is 0. The Morgan fingerprint density at radius 1 is 1.50 bits per heavy atom. The van der Waals surface area contributed by atoms with Gasteiger partial charge in [-0.1, -0.05) is 0 Å². The minimum atomic E-state index is -0.741. The normalized spacial score (nSPS) is 11.6. The average molecular weight is 278 g/mol. The van der Waals surface area contributed by atoms with Crippen molar-refractivity contribution in [1.82, 2.24) is 20.3 Å². The van der Waals surface area contributed by atoms with E-state index in [1.165, 1.54) is 4.90 Å². The molecule has 2 rings (SSSR count). The fourth-order valence-electron chi connectivity index (χ4n) is 1.82. The monoisotopic (exact) mass is 278 g/mol. The van der Waals surface area contributed by atoms with Gasteiger partial charge < -0.3 is 14.4 Å². The van der Waals surface area contributed by atoms with Crippen molar-refractivity contribution in [3.8, 4) is 0 Å². The van der Waals surface area contributed by atoms with Gasteiger partial charge >= 0.3 is 0 Å². The van der Waals surface area contributed by atoms with Crippen LogP contribution in [0.4, 0.5) is 0 Å². The van der Waals surface area contributed by atoms with Crippen LogP contribution in [0.5, 0.6) is 0 Å². The third-order valence-electron chi connectivity index (χ3n) is 3.18. The smallest absolute Gasteiger partial charge is 0.277 e. The Morgan fingerprint density at radius 3 is 2.75 bits per heavy atom. The van der Waals surface area contributed by atoms with E-state index in [0.29, 0.717) is 11.5 Å². The highest BCUT2D eigenvalue weighted by atomic mass is 16.3. The maximum absolute atomic E-state index is 12.6. The summed E-state index contributed by atoms with van der Waals surface area (Å²) in [5.41, 5.74) is 0.0289. The molecule has 0 aliphatic rings. The second-order valence-corrected chi connectivity index (χ2v) is 5.20. The van der Waals surface area contributed by atoms with Crippen molar-refractivity contribution in [3.05, 3.63) is 35.5 Å². The van der Waals surface area contributed by atoms with Crippen LogP contribution in [0.25, 0.3) is 0 Å². The summed E-state index contributed by atoms with van der Waals surface area (Å²) < 4.78 is 5.28. The van der Waals surface area contributed by atoms with Gasteiger partial charge in [-0.15, -0.1) is 0 Å². The average Bonchev–Trinajstić information content (AvgIpc) is 3.06. The summed E-state index contributed by atoms with van der Waals surface area (Å²) in [5, 5.41) is 19.7. The van der Waals surface area contributed by atoms with Crippen molar-refractivity contribution in [2.24, 2.45) is 0 Å². The van der Waals surface area contributed by atoms with Crippen molar-refractivity contribution in [3.63, 3.8) is 0 Å². The number of carbonyl (C=O) groups is 1. The molecule has 0 saturated carbocycles. The standard InChI is InChI=1S/C13H18N4O3/c1-9-11(15-16-14-9)12(19)17(13(2,3)8-18)7-10-5-4-6-20-10/h4-6,18H,7-8H2,1-3H3,(H,14,15,16). The lowest BCUT2D eigenvalue weighted by molar-refractivity contribution is 0.0308. The first kappa shape index (κ1) is 14.3. The molecule has 2 heterocycles. The Labute approximate surface area is 116 Å². The number of nitrogens with one attached hydrogen (secondary N) is 1. The third kappa shape index (κ3) is 2.72. The van der Waals surface area contributed by atoms with Crippen LogP contribution in [-0.2, 0) is 6.54 Å². The number of aromatic amines is 1. The van der Waals surface area contributed by atoms with E-state index in [0.717, 1.165) is 0 Å². The van der Waals surface area contributed by atoms with Gasteiger partial charge in [0.2, 0.25) is 0 Å². The first-order chi connectivity index (χ1) is 9.45. The first-order valence-corrected chi connectivity index (χ1v) is 6.28. The number of nitrogens with zero attached hydrogens (tertiary/aromatic N) is 3. The van der Waals surface area contributed by atoms with Crippen molar-refractivity contribution in [2.45, 2.75) is 32.9 Å². The molecule has 7 nitrogen and oxygen atoms in total. The van der Waals surface area contributed by atoms with E-state index in [1.54, 1.807) is 39.2 Å². The quantitative estimate of drug-likeness (QED) is 0.854. The Hall–Kier alpha value is -2.15. The fourth-order valence-corrected chi connectivity index (χ4v) is 1.82. The van der Waals surface area contributed by atoms with E-state index in [4.69, 9.17) is 4.42 Å². The molecule has 0 spiro atoms. The maximum atomic E-state index is 12.6. The van der Waals surface area contributed by atoms with Crippen LogP contribution in [0.15, 0.2) is 22.8 Å². The van der Waals surface area contributed by atoms with Crippen LogP contribution in [0.2, 0.25) is 0 Å². The lowest BCUT2D eigenvalue weighted by atomic mass is 10.0. The van der Waals surface area contributed by atoms with Crippen LogP contribution in [0, 0.1) is 6.92 Å². The number of aliphatic hydroxyl groups excluding tert-OH is 1. The largest absolute Gasteiger partial charge is 0.467 e. The molecular weight excluding hydrogens is 260 g/mol. The van der Waals surface area contributed by atoms with Crippen LogP contribution in [-0.4, -0.2) is 43.5 Å². The molecule has 0 radical (unpaired) electrons. The molecule has 2 aromatic heterocycles. The zero-order valence-electron chi connectivity index (χ0n) is 11.8. The molecule has 20 heavy (non-hydrogen) atoms. The van der Waals surface area contributed by atoms with Gasteiger partial charge in [0.05, 0.1) is 30.6 Å². The van der Waals surface area contributed by atoms with Gasteiger partial charge in [0.25, 0.3) is 5.91 Å². The summed E-state index contributed by atoms with van der Waals surface area (Å²) in [5.74, 6) is 0.340. The molecule has 2 N–H and O–H groups in total. The summed E-state index contributed by atoms with van der Waals surface area (Å²) in [6.45, 7) is 5.35. The van der Waals surface area contributed by atoms with Crippen LogP contribution in [0.3, 0.4) is 0 Å². The molecule has 0 bridgehead atoms. The Bertz CT molecular complexity index is 574. The number of furan rings is 1. The van der Waals surface area contributed by atoms with Gasteiger partial charge in [-0.05, 0) is 32.9 Å². The second kappa shape index (κ2) is 5.46. The van der Waals surface area contributed by atoms with E-state index in [1.807, 2.05) is 0 Å². The third-order valence-corrected chi connectivity index (χ3v) is 3.18. The molecule has 0 aromatic carbocycles. The van der Waals surface area contributed by atoms with Crippen LogP contribution >= 0.6 is 0 Å². The Balaban J connectivity index is 2.31. The molecule has 0 atom stereocenters. The zero-order chi connectivity index (χ0) is 14.8. The molecule has 2 aromatic rings. The van der Waals surface area contributed by atoms with E-state index >= 15 is 0 Å². The second-order valence-electron chi connectivity index (χ2n) is 5.20. The topological polar surface area (TPSA) is 95.3 Å². The lowest BCUT2D eigenvalue weighted by Gasteiger charge is -2.36. The predicted molar refractivity (Wildman–Crippen MR) is 70.9 cm³/mol. The highest BCUT2D eigenvalue weighted by Gasteiger charge is 2.33. The molecular formula is C13H18N4O3. The molecule has 1 amide bonds. The van der Waals surface area contributed by atoms with Gasteiger partial charge in [-0.2, -0.15) is 15.4 Å². The van der Waals surface area contributed by atoms with Crippen LogP contribution < -0.4 is 0 Å². The number of rotatable bonds is 5. The van der Waals surface area contributed by atoms with Gasteiger partial charge in [-0.25, -0.2) is 0 Å². The number of hydrogen-bond acceptors (Lipinski definition) is 5. The Morgan fingerprint density at radius 2 is 2.25 bits per heavy atom. The highest BCUT2D eigenvalue weighted by Crippen LogP contribution is 2.21. The number of aromatic nitrogens is 3. The molecule has 0 unspecified atom stereocenters. The summed E-state index contributed by atoms with van der Waals surface area (Å²) in [6.07, 6.45) is 1.55. The molecule has 0 fully saturated rings. The number of aryl methyl sites for hydroxylation is 1. The molecule has 108 valence electrons. The summed E-state index contributed by atoms with van der Waals surface area (Å²) in [7, 11) is 0. The number of aliphatic hydroxyl groups is 1. The molecule has 0 saturated heterocycles. The van der Waals surface area contributed by atoms with Gasteiger partial charge in [-0.3, -0.25) is 4.79 Å². The van der Waals surface area contributed by atoms with Gasteiger partial charge in [0.1, 0.15) is 5.76 Å². The summed E-state index contributed by atoms with van der Waals surface area (Å²) in [6, 6.07) is 3.54. The number of amides is 1. The number of H-pyrrole nitrogens is 1. The maximum Gasteiger partial charge on any atom is 0.277 e. The minimum Gasteiger partial charge on any atom is -0.467 e. The minimum absolute atomic E-state index is 0.170. The van der Waals surface area contributed by atoms with E-state index < -0.39 is 5.54 Å². The van der Waals surface area contributed by atoms with E-state index in [9.17, 15) is 9.90 Å². The molecule has 0 aliphatic heterocycles. The van der Waals surface area contributed by atoms with E-state index in [2.05, 4.69) is 15.4 Å². The predicted octanol–water partition coefficient (Wildman–Crippen LogP) is 1.12. The highest BCUT2D eigenvalue weighted by molar-refractivity contribution is 5.93. The SMILES string of the molecule is Cc1n[nH]nc1C(=O)N(Cc1ccco1)C(C)(C)CO.